The molecule has 1 N–H and O–H groups in total. The van der Waals surface area contributed by atoms with E-state index >= 15 is 0 Å². The minimum Gasteiger partial charge on any atom is -0.493 e. The van der Waals surface area contributed by atoms with Crippen LogP contribution in [0.5, 0.6) is 5.88 Å². The lowest BCUT2D eigenvalue weighted by atomic mass is 9.96. The second-order valence-corrected chi connectivity index (χ2v) is 11.1. The third-order valence-corrected chi connectivity index (χ3v) is 8.07. The van der Waals surface area contributed by atoms with Crippen molar-refractivity contribution in [3.8, 4) is 16.6 Å². The van der Waals surface area contributed by atoms with E-state index in [0.29, 0.717) is 25.6 Å². The van der Waals surface area contributed by atoms with Gasteiger partial charge in [0.25, 0.3) is 0 Å². The molecule has 5 atom stereocenters. The molecule has 0 amide bonds. The Hall–Kier alpha value is -2.91. The number of thioether (sulfide) groups is 1. The van der Waals surface area contributed by atoms with Gasteiger partial charge in [0.1, 0.15) is 34.9 Å². The van der Waals surface area contributed by atoms with E-state index in [1.807, 2.05) is 0 Å². The number of halogens is 2. The second kappa shape index (κ2) is 12.5. The maximum absolute atomic E-state index is 12.3. The van der Waals surface area contributed by atoms with Gasteiger partial charge in [0.2, 0.25) is 5.88 Å². The monoisotopic (exact) mass is 616 g/mol. The van der Waals surface area contributed by atoms with Crippen LogP contribution in [0.4, 0.5) is 0 Å². The highest BCUT2D eigenvalue weighted by Crippen LogP contribution is 2.42. The average Bonchev–Trinajstić information content (AvgIpc) is 3.50. The molecular formula is C23H22Cl2N4O8S2. The first kappa shape index (κ1) is 29.1. The van der Waals surface area contributed by atoms with E-state index < -0.39 is 47.7 Å². The lowest BCUT2D eigenvalue weighted by Crippen LogP contribution is -2.57. The summed E-state index contributed by atoms with van der Waals surface area (Å²) in [6.07, 6.45) is -1.65. The molecule has 0 bridgehead atoms. The normalized spacial score (nSPS) is 22.7. The molecule has 0 saturated carbocycles. The fourth-order valence-electron chi connectivity index (χ4n) is 3.87. The van der Waals surface area contributed by atoms with Crippen molar-refractivity contribution < 1.29 is 38.4 Å². The minimum atomic E-state index is -1.11. The molecule has 1 aromatic carbocycles. The average molecular weight is 617 g/mol. The minimum absolute atomic E-state index is 0.175. The van der Waals surface area contributed by atoms with Crippen LogP contribution < -0.4 is 0 Å². The molecule has 0 aliphatic carbocycles. The fraction of sp³-hybridized carbons (Fsp3) is 0.391. The molecule has 1 aliphatic rings. The van der Waals surface area contributed by atoms with E-state index in [4.69, 9.17) is 42.1 Å². The Labute approximate surface area is 240 Å². The van der Waals surface area contributed by atoms with Crippen molar-refractivity contribution in [1.29, 1.82) is 0 Å². The van der Waals surface area contributed by atoms with Crippen LogP contribution in [-0.4, -0.2) is 73.3 Å². The highest BCUT2D eigenvalue weighted by molar-refractivity contribution is 7.99. The van der Waals surface area contributed by atoms with E-state index in [0.717, 1.165) is 11.3 Å². The summed E-state index contributed by atoms with van der Waals surface area (Å²) < 4.78 is 24.2. The highest BCUT2D eigenvalue weighted by Gasteiger charge is 2.52. The molecule has 1 fully saturated rings. The maximum Gasteiger partial charge on any atom is 0.303 e. The van der Waals surface area contributed by atoms with Gasteiger partial charge in [-0.1, -0.05) is 40.2 Å². The zero-order valence-electron chi connectivity index (χ0n) is 20.6. The van der Waals surface area contributed by atoms with Gasteiger partial charge in [0.15, 0.2) is 12.2 Å². The highest BCUT2D eigenvalue weighted by atomic mass is 35.5. The van der Waals surface area contributed by atoms with Crippen molar-refractivity contribution in [3.05, 3.63) is 39.8 Å². The summed E-state index contributed by atoms with van der Waals surface area (Å²) in [5.41, 5.74) is -0.583. The van der Waals surface area contributed by atoms with Gasteiger partial charge in [-0.3, -0.25) is 14.4 Å². The number of carbonyl (C=O) groups is 3. The number of rotatable bonds is 8. The van der Waals surface area contributed by atoms with Gasteiger partial charge < -0.3 is 24.1 Å². The van der Waals surface area contributed by atoms with Crippen molar-refractivity contribution in [3.63, 3.8) is 0 Å². The molecule has 1 saturated heterocycles. The van der Waals surface area contributed by atoms with Gasteiger partial charge in [0.05, 0.1) is 21.6 Å². The Morgan fingerprint density at radius 2 is 1.82 bits per heavy atom. The first-order valence-electron chi connectivity index (χ1n) is 11.3. The predicted molar refractivity (Wildman–Crippen MR) is 141 cm³/mol. The fourth-order valence-corrected chi connectivity index (χ4v) is 6.01. The summed E-state index contributed by atoms with van der Waals surface area (Å²) >= 11 is 14.6. The largest absolute Gasteiger partial charge is 0.493 e. The number of aromatic hydroxyl groups is 1. The van der Waals surface area contributed by atoms with Crippen LogP contribution in [0, 0.1) is 0 Å². The maximum atomic E-state index is 12.3. The van der Waals surface area contributed by atoms with Gasteiger partial charge in [-0.15, -0.1) is 16.4 Å². The molecule has 208 valence electrons. The van der Waals surface area contributed by atoms with Crippen LogP contribution in [0.3, 0.4) is 0 Å². The number of aromatic nitrogens is 4. The molecule has 4 rings (SSSR count). The number of hydrogen-bond acceptors (Lipinski definition) is 13. The van der Waals surface area contributed by atoms with E-state index in [-0.39, 0.29) is 12.5 Å². The summed E-state index contributed by atoms with van der Waals surface area (Å²) in [5, 5.41) is 20.5. The number of thiazole rings is 1. The van der Waals surface area contributed by atoms with Gasteiger partial charge in [0, 0.05) is 25.7 Å². The van der Waals surface area contributed by atoms with Crippen molar-refractivity contribution in [1.82, 2.24) is 20.0 Å². The van der Waals surface area contributed by atoms with E-state index in [1.165, 1.54) is 48.8 Å². The third-order valence-electron chi connectivity index (χ3n) is 5.34. The first-order valence-corrected chi connectivity index (χ1v) is 13.8. The molecule has 2 aromatic heterocycles. The van der Waals surface area contributed by atoms with E-state index in [2.05, 4.69) is 15.3 Å². The zero-order chi connectivity index (χ0) is 28.3. The van der Waals surface area contributed by atoms with E-state index in [1.54, 1.807) is 18.2 Å². The van der Waals surface area contributed by atoms with Gasteiger partial charge >= 0.3 is 17.9 Å². The number of nitrogens with zero attached hydrogens (tertiary/aromatic N) is 4. The molecule has 16 heteroatoms. The third kappa shape index (κ3) is 7.19. The Morgan fingerprint density at radius 1 is 1.10 bits per heavy atom. The van der Waals surface area contributed by atoms with Crippen molar-refractivity contribution in [2.24, 2.45) is 0 Å². The molecule has 0 radical (unpaired) electrons. The van der Waals surface area contributed by atoms with Crippen LogP contribution in [0.2, 0.25) is 10.0 Å². The quantitative estimate of drug-likeness (QED) is 0.288. The van der Waals surface area contributed by atoms with Crippen LogP contribution in [-0.2, 0) is 33.3 Å². The zero-order valence-corrected chi connectivity index (χ0v) is 23.8. The van der Waals surface area contributed by atoms with Crippen LogP contribution >= 0.6 is 46.3 Å². The molecule has 12 nitrogen and oxygen atoms in total. The molecule has 1 aliphatic heterocycles. The molecular weight excluding hydrogens is 595 g/mol. The second-order valence-electron chi connectivity index (χ2n) is 8.27. The van der Waals surface area contributed by atoms with Crippen LogP contribution in [0.25, 0.3) is 10.7 Å². The van der Waals surface area contributed by atoms with Gasteiger partial charge in [-0.2, -0.15) is 0 Å². The SMILES string of the molecule is CC(=O)OCC1OC(Sc2ccc(Cl)c(Cl)c2)C(OC(C)=O)C(n2cc(-c3nc(O)cs3)nn2)C1OC(C)=O. The summed E-state index contributed by atoms with van der Waals surface area (Å²) in [6.45, 7) is 3.41. The Balaban J connectivity index is 1.79. The number of carbonyl (C=O) groups excluding carboxylic acids is 3. The molecule has 39 heavy (non-hydrogen) atoms. The Morgan fingerprint density at radius 3 is 2.44 bits per heavy atom. The predicted octanol–water partition coefficient (Wildman–Crippen LogP) is 3.90. The molecule has 3 aromatic rings. The van der Waals surface area contributed by atoms with Crippen molar-refractivity contribution in [2.45, 2.75) is 55.5 Å². The first-order chi connectivity index (χ1) is 18.5. The standard InChI is InChI=1S/C23H22Cl2N4O8S2/c1-10(30)34-8-17-20(35-11(2)31)19(29-7-16(27-28-29)22-26-18(33)9-38-22)21(36-12(3)32)23(37-17)39-13-4-5-14(24)15(25)6-13/h4-7,9,17,19-21,23,33H,8H2,1-3H3. The summed E-state index contributed by atoms with van der Waals surface area (Å²) in [6, 6.07) is 3.98. The number of hydrogen-bond donors (Lipinski definition) is 1. The number of esters is 3. The molecule has 0 spiro atoms. The molecule has 3 heterocycles. The van der Waals surface area contributed by atoms with Gasteiger partial charge in [-0.05, 0) is 18.2 Å². The lowest BCUT2D eigenvalue weighted by molar-refractivity contribution is -0.212. The van der Waals surface area contributed by atoms with Crippen LogP contribution in [0.1, 0.15) is 26.8 Å². The topological polar surface area (TPSA) is 152 Å². The Bertz CT molecular complexity index is 1370. The summed E-state index contributed by atoms with van der Waals surface area (Å²) in [5.74, 6) is -2.02. The Kier molecular flexibility index (Phi) is 9.33. The van der Waals surface area contributed by atoms with Crippen LogP contribution in [0.15, 0.2) is 34.7 Å². The summed E-state index contributed by atoms with van der Waals surface area (Å²) in [4.78, 5) is 40.7. The smallest absolute Gasteiger partial charge is 0.303 e. The van der Waals surface area contributed by atoms with E-state index in [9.17, 15) is 19.5 Å². The number of ether oxygens (including phenoxy) is 4. The lowest BCUT2D eigenvalue weighted by Gasteiger charge is -2.44. The summed E-state index contributed by atoms with van der Waals surface area (Å²) in [7, 11) is 0. The molecule has 5 unspecified atom stereocenters. The van der Waals surface area contributed by atoms with Crippen molar-refractivity contribution in [2.75, 3.05) is 6.61 Å². The van der Waals surface area contributed by atoms with Gasteiger partial charge in [-0.25, -0.2) is 9.67 Å². The van der Waals surface area contributed by atoms with Crippen molar-refractivity contribution >= 4 is 64.2 Å². The number of benzene rings is 1.